The summed E-state index contributed by atoms with van der Waals surface area (Å²) in [5.41, 5.74) is 2.45. The maximum Gasteiger partial charge on any atom is 0.410 e. The van der Waals surface area contributed by atoms with E-state index >= 15 is 0 Å². The van der Waals surface area contributed by atoms with Gasteiger partial charge in [0.05, 0.1) is 17.4 Å². The summed E-state index contributed by atoms with van der Waals surface area (Å²) in [5.74, 6) is 1.53. The van der Waals surface area contributed by atoms with Crippen molar-refractivity contribution in [1.29, 1.82) is 0 Å². The summed E-state index contributed by atoms with van der Waals surface area (Å²) in [6, 6.07) is 8.21. The highest BCUT2D eigenvalue weighted by molar-refractivity contribution is 5.68. The fourth-order valence-electron chi connectivity index (χ4n) is 4.00. The molecule has 0 atom stereocenters. The first-order chi connectivity index (χ1) is 14.1. The highest BCUT2D eigenvalue weighted by Gasteiger charge is 2.27. The summed E-state index contributed by atoms with van der Waals surface area (Å²) in [5, 5.41) is 4.08. The van der Waals surface area contributed by atoms with E-state index < -0.39 is 0 Å². The lowest BCUT2D eigenvalue weighted by molar-refractivity contribution is 0.0749. The van der Waals surface area contributed by atoms with E-state index in [1.807, 2.05) is 31.2 Å². The zero-order valence-electron chi connectivity index (χ0n) is 17.4. The molecule has 0 unspecified atom stereocenters. The van der Waals surface area contributed by atoms with Crippen molar-refractivity contribution in [2.24, 2.45) is 0 Å². The predicted molar refractivity (Wildman–Crippen MR) is 110 cm³/mol. The molecule has 0 bridgehead atoms. The fraction of sp³-hybridized carbons (Fsp3) is 0.565. The van der Waals surface area contributed by atoms with Crippen LogP contribution in [-0.4, -0.2) is 35.3 Å². The second-order valence-electron chi connectivity index (χ2n) is 8.23. The molecule has 6 nitrogen and oxygen atoms in total. The number of hydrogen-bond acceptors (Lipinski definition) is 5. The number of ether oxygens (including phenoxy) is 2. The number of aromatic nitrogens is 1. The minimum Gasteiger partial charge on any atom is -0.490 e. The average Bonchev–Trinajstić information content (AvgIpc) is 3.06. The predicted octanol–water partition coefficient (Wildman–Crippen LogP) is 5.48. The molecule has 6 heteroatoms. The van der Waals surface area contributed by atoms with Crippen molar-refractivity contribution in [1.82, 2.24) is 10.1 Å². The Kier molecular flexibility index (Phi) is 6.07. The lowest BCUT2D eigenvalue weighted by atomic mass is 9.92. The second kappa shape index (κ2) is 8.89. The molecule has 2 saturated carbocycles. The molecule has 0 N–H and O–H groups in total. The van der Waals surface area contributed by atoms with E-state index in [0.29, 0.717) is 17.9 Å². The van der Waals surface area contributed by atoms with Crippen LogP contribution in [-0.2, 0) is 11.3 Å². The van der Waals surface area contributed by atoms with Crippen LogP contribution in [0, 0.1) is 6.92 Å². The summed E-state index contributed by atoms with van der Waals surface area (Å²) >= 11 is 0. The molecule has 2 fully saturated rings. The van der Waals surface area contributed by atoms with E-state index in [9.17, 15) is 4.79 Å². The van der Waals surface area contributed by atoms with E-state index in [2.05, 4.69) is 5.16 Å². The zero-order chi connectivity index (χ0) is 20.2. The summed E-state index contributed by atoms with van der Waals surface area (Å²) < 4.78 is 17.2. The van der Waals surface area contributed by atoms with Crippen LogP contribution < -0.4 is 4.74 Å². The van der Waals surface area contributed by atoms with E-state index in [-0.39, 0.29) is 12.7 Å². The molecule has 156 valence electrons. The van der Waals surface area contributed by atoms with Crippen LogP contribution in [0.1, 0.15) is 62.6 Å². The fourth-order valence-corrected chi connectivity index (χ4v) is 4.00. The topological polar surface area (TPSA) is 64.8 Å². The molecule has 29 heavy (non-hydrogen) atoms. The van der Waals surface area contributed by atoms with Crippen LogP contribution >= 0.6 is 0 Å². The van der Waals surface area contributed by atoms with Crippen LogP contribution in [0.4, 0.5) is 4.79 Å². The normalized spacial score (nSPS) is 17.6. The van der Waals surface area contributed by atoms with Gasteiger partial charge in [-0.3, -0.25) is 0 Å². The molecule has 0 spiro atoms. The van der Waals surface area contributed by atoms with Gasteiger partial charge >= 0.3 is 6.09 Å². The van der Waals surface area contributed by atoms with Gasteiger partial charge in [-0.05, 0) is 76.1 Å². The number of nitrogens with zero attached hydrogens (tertiary/aromatic N) is 2. The largest absolute Gasteiger partial charge is 0.490 e. The Bertz CT molecular complexity index is 820. The van der Waals surface area contributed by atoms with Gasteiger partial charge in [0.2, 0.25) is 0 Å². The third-order valence-electron chi connectivity index (χ3n) is 6.21. The molecule has 4 rings (SSSR count). The molecule has 2 aliphatic carbocycles. The highest BCUT2D eigenvalue weighted by atomic mass is 16.6. The van der Waals surface area contributed by atoms with Crippen molar-refractivity contribution < 1.29 is 18.8 Å². The Hall–Kier alpha value is -2.50. The quantitative estimate of drug-likeness (QED) is 0.644. The number of carbonyl (C=O) groups is 1. The molecule has 0 radical (unpaired) electrons. The maximum atomic E-state index is 12.3. The maximum absolute atomic E-state index is 12.3. The number of carbonyl (C=O) groups excluding carboxylic acids is 1. The van der Waals surface area contributed by atoms with Gasteiger partial charge in [-0.15, -0.1) is 0 Å². The first-order valence-corrected chi connectivity index (χ1v) is 10.7. The summed E-state index contributed by atoms with van der Waals surface area (Å²) in [6.45, 7) is 2.02. The Morgan fingerprint density at radius 2 is 1.83 bits per heavy atom. The summed E-state index contributed by atoms with van der Waals surface area (Å²) in [4.78, 5) is 14.0. The molecule has 2 aliphatic rings. The standard InChI is InChI=1S/C23H30N2O4/c1-16-21(15-27-23(26)25(2)18-7-6-8-18)22(29-24-16)17-11-13-20(14-12-17)28-19-9-4-3-5-10-19/h11-14,18-19H,3-10,15H2,1-2H3. The van der Waals surface area contributed by atoms with Crippen molar-refractivity contribution in [2.75, 3.05) is 7.05 Å². The van der Waals surface area contributed by atoms with E-state index in [1.54, 1.807) is 11.9 Å². The first-order valence-electron chi connectivity index (χ1n) is 10.7. The van der Waals surface area contributed by atoms with Crippen molar-refractivity contribution >= 4 is 6.09 Å². The number of benzene rings is 1. The minimum atomic E-state index is -0.294. The van der Waals surface area contributed by atoms with Crippen LogP contribution in [0.2, 0.25) is 0 Å². The van der Waals surface area contributed by atoms with Gasteiger partial charge < -0.3 is 18.9 Å². The lowest BCUT2D eigenvalue weighted by Crippen LogP contribution is -2.41. The van der Waals surface area contributed by atoms with E-state index in [4.69, 9.17) is 14.0 Å². The number of rotatable bonds is 6. The Morgan fingerprint density at radius 1 is 1.10 bits per heavy atom. The number of amides is 1. The van der Waals surface area contributed by atoms with Crippen LogP contribution in [0.3, 0.4) is 0 Å². The lowest BCUT2D eigenvalue weighted by Gasteiger charge is -2.33. The van der Waals surface area contributed by atoms with Gasteiger partial charge in [-0.1, -0.05) is 11.6 Å². The van der Waals surface area contributed by atoms with Crippen LogP contribution in [0.15, 0.2) is 28.8 Å². The molecule has 1 amide bonds. The van der Waals surface area contributed by atoms with Crippen molar-refractivity contribution in [2.45, 2.75) is 77.0 Å². The zero-order valence-corrected chi connectivity index (χ0v) is 17.4. The third kappa shape index (κ3) is 4.57. The molecule has 0 aliphatic heterocycles. The molecule has 0 saturated heterocycles. The summed E-state index contributed by atoms with van der Waals surface area (Å²) in [6.07, 6.45) is 9.39. The van der Waals surface area contributed by atoms with E-state index in [1.165, 1.54) is 25.7 Å². The first kappa shape index (κ1) is 19.8. The van der Waals surface area contributed by atoms with Crippen molar-refractivity contribution in [3.8, 4) is 17.1 Å². The van der Waals surface area contributed by atoms with Crippen molar-refractivity contribution in [3.05, 3.63) is 35.5 Å². The monoisotopic (exact) mass is 398 g/mol. The highest BCUT2D eigenvalue weighted by Crippen LogP contribution is 2.30. The van der Waals surface area contributed by atoms with Gasteiger partial charge in [0, 0.05) is 18.7 Å². The van der Waals surface area contributed by atoms with Gasteiger partial charge in [0.25, 0.3) is 0 Å². The van der Waals surface area contributed by atoms with Gasteiger partial charge in [-0.2, -0.15) is 0 Å². The van der Waals surface area contributed by atoms with Gasteiger partial charge in [0.1, 0.15) is 12.4 Å². The SMILES string of the molecule is Cc1noc(-c2ccc(OC3CCCCC3)cc2)c1COC(=O)N(C)C1CCC1. The Morgan fingerprint density at radius 3 is 2.48 bits per heavy atom. The number of aryl methyl sites for hydroxylation is 1. The molecule has 1 heterocycles. The minimum absolute atomic E-state index is 0.154. The molecule has 2 aromatic rings. The smallest absolute Gasteiger partial charge is 0.410 e. The van der Waals surface area contributed by atoms with Crippen LogP contribution in [0.25, 0.3) is 11.3 Å². The number of hydrogen-bond donors (Lipinski definition) is 0. The Labute approximate surface area is 172 Å². The van der Waals surface area contributed by atoms with Crippen molar-refractivity contribution in [3.63, 3.8) is 0 Å². The van der Waals surface area contributed by atoms with E-state index in [0.717, 1.165) is 48.3 Å². The molecular weight excluding hydrogens is 368 g/mol. The Balaban J connectivity index is 1.40. The third-order valence-corrected chi connectivity index (χ3v) is 6.21. The average molecular weight is 399 g/mol. The van der Waals surface area contributed by atoms with Gasteiger partial charge in [-0.25, -0.2) is 4.79 Å². The van der Waals surface area contributed by atoms with Crippen LogP contribution in [0.5, 0.6) is 5.75 Å². The molecule has 1 aromatic heterocycles. The summed E-state index contributed by atoms with van der Waals surface area (Å²) in [7, 11) is 1.80. The van der Waals surface area contributed by atoms with Gasteiger partial charge in [0.15, 0.2) is 5.76 Å². The second-order valence-corrected chi connectivity index (χ2v) is 8.23. The molecular formula is C23H30N2O4. The molecule has 1 aromatic carbocycles.